The van der Waals surface area contributed by atoms with Crippen LogP contribution in [-0.4, -0.2) is 48.4 Å². The summed E-state index contributed by atoms with van der Waals surface area (Å²) in [6, 6.07) is 1.69. The SMILES string of the molecule is Cc1cc(C(=O)N2CCC[C@H]2Cn2cc(C3CC3)nn2)nc(=O)[nH]1. The summed E-state index contributed by atoms with van der Waals surface area (Å²) in [4.78, 5) is 32.4. The van der Waals surface area contributed by atoms with Crippen LogP contribution in [0.5, 0.6) is 0 Å². The summed E-state index contributed by atoms with van der Waals surface area (Å²) < 4.78 is 1.83. The fraction of sp³-hybridized carbons (Fsp3) is 0.562. The molecule has 24 heavy (non-hydrogen) atoms. The molecule has 0 unspecified atom stereocenters. The van der Waals surface area contributed by atoms with E-state index in [4.69, 9.17) is 0 Å². The van der Waals surface area contributed by atoms with Gasteiger partial charge < -0.3 is 9.88 Å². The number of amides is 1. The molecule has 2 aromatic rings. The van der Waals surface area contributed by atoms with Crippen LogP contribution in [-0.2, 0) is 6.54 Å². The standard InChI is InChI=1S/C16H20N6O2/c1-10-7-13(18-16(24)17-10)15(23)22-6-2-3-12(22)8-21-9-14(19-20-21)11-4-5-11/h7,9,11-12H,2-6,8H2,1H3,(H,17,18,24)/t12-/m0/s1. The Balaban J connectivity index is 1.50. The Morgan fingerprint density at radius 2 is 2.21 bits per heavy atom. The molecule has 1 amide bonds. The summed E-state index contributed by atoms with van der Waals surface area (Å²) in [6.45, 7) is 3.06. The fourth-order valence-electron chi connectivity index (χ4n) is 3.31. The van der Waals surface area contributed by atoms with Crippen molar-refractivity contribution in [1.29, 1.82) is 0 Å². The monoisotopic (exact) mass is 328 g/mol. The number of aromatic amines is 1. The first kappa shape index (κ1) is 15.0. The number of nitrogens with one attached hydrogen (secondary N) is 1. The van der Waals surface area contributed by atoms with Crippen molar-refractivity contribution < 1.29 is 4.79 Å². The number of carbonyl (C=O) groups excluding carboxylic acids is 1. The number of nitrogens with zero attached hydrogens (tertiary/aromatic N) is 5. The number of likely N-dealkylation sites (tertiary alicyclic amines) is 1. The summed E-state index contributed by atoms with van der Waals surface area (Å²) >= 11 is 0. The van der Waals surface area contributed by atoms with Crippen molar-refractivity contribution >= 4 is 5.91 Å². The van der Waals surface area contributed by atoms with Crippen LogP contribution in [0.4, 0.5) is 0 Å². The first-order valence-electron chi connectivity index (χ1n) is 8.39. The van der Waals surface area contributed by atoms with Crippen molar-refractivity contribution in [2.75, 3.05) is 6.54 Å². The van der Waals surface area contributed by atoms with Crippen molar-refractivity contribution in [3.63, 3.8) is 0 Å². The van der Waals surface area contributed by atoms with E-state index in [0.29, 0.717) is 24.7 Å². The molecule has 8 nitrogen and oxygen atoms in total. The van der Waals surface area contributed by atoms with E-state index in [1.165, 1.54) is 12.8 Å². The molecule has 1 atom stereocenters. The number of aromatic nitrogens is 5. The second kappa shape index (κ2) is 5.85. The Morgan fingerprint density at radius 3 is 2.96 bits per heavy atom. The van der Waals surface area contributed by atoms with Gasteiger partial charge in [0.15, 0.2) is 0 Å². The molecule has 1 N–H and O–H groups in total. The van der Waals surface area contributed by atoms with E-state index in [9.17, 15) is 9.59 Å². The minimum atomic E-state index is -0.487. The lowest BCUT2D eigenvalue weighted by Crippen LogP contribution is -2.39. The molecule has 0 spiro atoms. The van der Waals surface area contributed by atoms with E-state index < -0.39 is 5.69 Å². The highest BCUT2D eigenvalue weighted by molar-refractivity contribution is 5.92. The summed E-state index contributed by atoms with van der Waals surface area (Å²) in [5, 5.41) is 8.42. The molecule has 0 aromatic carbocycles. The zero-order valence-corrected chi connectivity index (χ0v) is 13.6. The maximum atomic E-state index is 12.7. The minimum absolute atomic E-state index is 0.0626. The van der Waals surface area contributed by atoms with Crippen molar-refractivity contribution in [1.82, 2.24) is 29.9 Å². The van der Waals surface area contributed by atoms with Crippen LogP contribution in [0, 0.1) is 6.92 Å². The summed E-state index contributed by atoms with van der Waals surface area (Å²) in [6.07, 6.45) is 6.25. The lowest BCUT2D eigenvalue weighted by atomic mass is 10.2. The van der Waals surface area contributed by atoms with Crippen LogP contribution in [0.3, 0.4) is 0 Å². The molecular formula is C16H20N6O2. The highest BCUT2D eigenvalue weighted by Gasteiger charge is 2.32. The van der Waals surface area contributed by atoms with E-state index in [2.05, 4.69) is 20.3 Å². The van der Waals surface area contributed by atoms with Crippen LogP contribution >= 0.6 is 0 Å². The zero-order chi connectivity index (χ0) is 16.7. The maximum Gasteiger partial charge on any atom is 0.345 e. The molecule has 2 aromatic heterocycles. The van der Waals surface area contributed by atoms with Gasteiger partial charge in [-0.2, -0.15) is 4.98 Å². The molecular weight excluding hydrogens is 308 g/mol. The van der Waals surface area contributed by atoms with E-state index in [1.54, 1.807) is 17.9 Å². The van der Waals surface area contributed by atoms with Crippen LogP contribution in [0.25, 0.3) is 0 Å². The molecule has 1 saturated heterocycles. The second-order valence-electron chi connectivity index (χ2n) is 6.69. The van der Waals surface area contributed by atoms with Gasteiger partial charge in [0, 0.05) is 24.4 Å². The average Bonchev–Trinajstić information content (AvgIpc) is 3.11. The lowest BCUT2D eigenvalue weighted by molar-refractivity contribution is 0.0714. The first-order chi connectivity index (χ1) is 11.6. The third-order valence-corrected chi connectivity index (χ3v) is 4.69. The summed E-state index contributed by atoms with van der Waals surface area (Å²) in [5.74, 6) is 0.387. The number of carbonyl (C=O) groups is 1. The quantitative estimate of drug-likeness (QED) is 0.897. The molecule has 0 radical (unpaired) electrons. The van der Waals surface area contributed by atoms with Crippen LogP contribution in [0.1, 0.15) is 53.5 Å². The van der Waals surface area contributed by atoms with E-state index in [-0.39, 0.29) is 17.6 Å². The fourth-order valence-corrected chi connectivity index (χ4v) is 3.31. The number of hydrogen-bond donors (Lipinski definition) is 1. The average molecular weight is 328 g/mol. The van der Waals surface area contributed by atoms with Crippen LogP contribution < -0.4 is 5.69 Å². The topological polar surface area (TPSA) is 96.8 Å². The summed E-state index contributed by atoms with van der Waals surface area (Å²) in [5.41, 5.74) is 1.41. The van der Waals surface area contributed by atoms with Gasteiger partial charge in [0.05, 0.1) is 18.3 Å². The van der Waals surface area contributed by atoms with Crippen LogP contribution in [0.15, 0.2) is 17.1 Å². The van der Waals surface area contributed by atoms with Crippen molar-refractivity contribution in [3.8, 4) is 0 Å². The van der Waals surface area contributed by atoms with Gasteiger partial charge >= 0.3 is 5.69 Å². The molecule has 4 rings (SSSR count). The largest absolute Gasteiger partial charge is 0.345 e. The predicted octanol–water partition coefficient (Wildman–Crippen LogP) is 0.852. The first-order valence-corrected chi connectivity index (χ1v) is 8.39. The molecule has 8 heteroatoms. The van der Waals surface area contributed by atoms with Gasteiger partial charge in [0.25, 0.3) is 5.91 Å². The Labute approximate surface area is 138 Å². The molecule has 126 valence electrons. The van der Waals surface area contributed by atoms with Gasteiger partial charge in [0.2, 0.25) is 0 Å². The number of aryl methyl sites for hydroxylation is 1. The van der Waals surface area contributed by atoms with Gasteiger partial charge in [-0.25, -0.2) is 4.79 Å². The van der Waals surface area contributed by atoms with Crippen LogP contribution in [0.2, 0.25) is 0 Å². The van der Waals surface area contributed by atoms with E-state index >= 15 is 0 Å². The number of H-pyrrole nitrogens is 1. The number of hydrogen-bond acceptors (Lipinski definition) is 5. The Hall–Kier alpha value is -2.51. The van der Waals surface area contributed by atoms with Gasteiger partial charge in [-0.05, 0) is 38.7 Å². The molecule has 3 heterocycles. The third kappa shape index (κ3) is 2.95. The molecule has 1 aliphatic heterocycles. The molecule has 1 saturated carbocycles. The van der Waals surface area contributed by atoms with Crippen molar-refractivity contribution in [2.24, 2.45) is 0 Å². The third-order valence-electron chi connectivity index (χ3n) is 4.69. The molecule has 2 fully saturated rings. The Kier molecular flexibility index (Phi) is 3.66. The second-order valence-corrected chi connectivity index (χ2v) is 6.69. The van der Waals surface area contributed by atoms with Gasteiger partial charge in [-0.1, -0.05) is 5.21 Å². The number of rotatable bonds is 4. The molecule has 2 aliphatic rings. The smallest absolute Gasteiger partial charge is 0.332 e. The Morgan fingerprint density at radius 1 is 1.38 bits per heavy atom. The van der Waals surface area contributed by atoms with E-state index in [1.807, 2.05) is 10.9 Å². The van der Waals surface area contributed by atoms with Gasteiger partial charge in [0.1, 0.15) is 5.69 Å². The highest BCUT2D eigenvalue weighted by atomic mass is 16.2. The highest BCUT2D eigenvalue weighted by Crippen LogP contribution is 2.38. The Bertz CT molecular complexity index is 822. The molecule has 0 bridgehead atoms. The summed E-state index contributed by atoms with van der Waals surface area (Å²) in [7, 11) is 0. The van der Waals surface area contributed by atoms with Gasteiger partial charge in [-0.15, -0.1) is 5.10 Å². The van der Waals surface area contributed by atoms with Crippen molar-refractivity contribution in [3.05, 3.63) is 39.8 Å². The molecule has 1 aliphatic carbocycles. The maximum absolute atomic E-state index is 12.7. The normalized spacial score (nSPS) is 20.5. The van der Waals surface area contributed by atoms with E-state index in [0.717, 1.165) is 18.5 Å². The van der Waals surface area contributed by atoms with Crippen molar-refractivity contribution in [2.45, 2.75) is 51.1 Å². The van der Waals surface area contributed by atoms with Gasteiger partial charge in [-0.3, -0.25) is 9.48 Å². The minimum Gasteiger partial charge on any atom is -0.332 e. The lowest BCUT2D eigenvalue weighted by Gasteiger charge is -2.24. The zero-order valence-electron chi connectivity index (χ0n) is 13.6. The predicted molar refractivity (Wildman–Crippen MR) is 85.7 cm³/mol.